The Hall–Kier alpha value is -2.48. The van der Waals surface area contributed by atoms with E-state index in [-0.39, 0.29) is 13.2 Å². The minimum atomic E-state index is -1.23. The van der Waals surface area contributed by atoms with Gasteiger partial charge in [0, 0.05) is 5.92 Å². The van der Waals surface area contributed by atoms with Crippen LogP contribution in [0.15, 0.2) is 30.3 Å². The zero-order valence-electron chi connectivity index (χ0n) is 8.97. The van der Waals surface area contributed by atoms with Crippen LogP contribution in [0.4, 0.5) is 4.79 Å². The molecule has 0 aliphatic heterocycles. The minimum Gasteiger partial charge on any atom is -0.472 e. The summed E-state index contributed by atoms with van der Waals surface area (Å²) in [5.74, 6) is 2.89. The lowest BCUT2D eigenvalue weighted by Crippen LogP contribution is -2.24. The number of benzene rings is 1. The van der Waals surface area contributed by atoms with E-state index in [2.05, 4.69) is 11.2 Å². The van der Waals surface area contributed by atoms with Crippen molar-refractivity contribution in [3.05, 3.63) is 35.9 Å². The topological polar surface area (TPSA) is 75.6 Å². The van der Waals surface area contributed by atoms with Crippen LogP contribution in [0.5, 0.6) is 0 Å². The summed E-state index contributed by atoms with van der Waals surface area (Å²) in [7, 11) is 0. The van der Waals surface area contributed by atoms with Gasteiger partial charge in [-0.3, -0.25) is 0 Å². The van der Waals surface area contributed by atoms with Gasteiger partial charge in [0.1, 0.15) is 6.61 Å². The molecule has 0 fully saturated rings. The Balaban J connectivity index is 2.23. The van der Waals surface area contributed by atoms with E-state index in [1.165, 1.54) is 0 Å². The molecule has 2 N–H and O–H groups in total. The number of hydrogen-bond donors (Lipinski definition) is 2. The highest BCUT2D eigenvalue weighted by atomic mass is 16.5. The van der Waals surface area contributed by atoms with Crippen molar-refractivity contribution in [1.82, 2.24) is 5.32 Å². The monoisotopic (exact) mass is 233 g/mol. The van der Waals surface area contributed by atoms with Crippen molar-refractivity contribution in [2.24, 2.45) is 0 Å². The van der Waals surface area contributed by atoms with Crippen molar-refractivity contribution >= 4 is 12.1 Å². The van der Waals surface area contributed by atoms with Gasteiger partial charge < -0.3 is 15.2 Å². The molecule has 17 heavy (non-hydrogen) atoms. The number of ether oxygens (including phenoxy) is 1. The lowest BCUT2D eigenvalue weighted by molar-refractivity contribution is -0.130. The number of carbonyl (C=O) groups is 2. The fourth-order valence-corrected chi connectivity index (χ4v) is 1.01. The van der Waals surface area contributed by atoms with Gasteiger partial charge in [-0.25, -0.2) is 9.59 Å². The van der Waals surface area contributed by atoms with Crippen molar-refractivity contribution in [3.63, 3.8) is 0 Å². The first-order valence-corrected chi connectivity index (χ1v) is 4.85. The minimum absolute atomic E-state index is 0.0556. The standard InChI is InChI=1S/C12H11NO4/c14-11(15)7-4-8-13-12(16)17-9-10-5-2-1-3-6-10/h1-3,5-6H,8-9H2,(H,13,16)(H,14,15). The van der Waals surface area contributed by atoms with Crippen molar-refractivity contribution in [3.8, 4) is 11.8 Å². The SMILES string of the molecule is O=C(O)C#CCNC(=O)OCc1ccccc1. The zero-order valence-corrected chi connectivity index (χ0v) is 8.97. The Morgan fingerprint density at radius 1 is 1.29 bits per heavy atom. The van der Waals surface area contributed by atoms with Gasteiger partial charge in [0.2, 0.25) is 0 Å². The first kappa shape index (κ1) is 12.6. The van der Waals surface area contributed by atoms with Crippen LogP contribution in [-0.4, -0.2) is 23.7 Å². The van der Waals surface area contributed by atoms with Gasteiger partial charge in [-0.1, -0.05) is 36.3 Å². The molecule has 1 aromatic carbocycles. The van der Waals surface area contributed by atoms with Gasteiger partial charge in [-0.15, -0.1) is 0 Å². The first-order chi connectivity index (χ1) is 8.18. The lowest BCUT2D eigenvalue weighted by atomic mass is 10.2. The smallest absolute Gasteiger partial charge is 0.408 e. The summed E-state index contributed by atoms with van der Waals surface area (Å²) >= 11 is 0. The summed E-state index contributed by atoms with van der Waals surface area (Å²) in [6.07, 6.45) is -0.631. The summed E-state index contributed by atoms with van der Waals surface area (Å²) < 4.78 is 4.87. The molecule has 0 heterocycles. The van der Waals surface area contributed by atoms with Gasteiger partial charge in [0.05, 0.1) is 6.54 Å². The molecule has 0 saturated carbocycles. The molecule has 0 aliphatic rings. The van der Waals surface area contributed by atoms with Gasteiger partial charge in [-0.2, -0.15) is 0 Å². The van der Waals surface area contributed by atoms with Crippen molar-refractivity contribution in [1.29, 1.82) is 0 Å². The molecule has 0 radical (unpaired) electrons. The number of carboxylic acids is 1. The third kappa shape index (κ3) is 5.85. The highest BCUT2D eigenvalue weighted by Gasteiger charge is 1.99. The summed E-state index contributed by atoms with van der Waals surface area (Å²) in [6, 6.07) is 9.21. The second-order valence-electron chi connectivity index (χ2n) is 3.02. The van der Waals surface area contributed by atoms with E-state index < -0.39 is 12.1 Å². The van der Waals surface area contributed by atoms with Crippen LogP contribution in [0.1, 0.15) is 5.56 Å². The Bertz CT molecular complexity index is 445. The van der Waals surface area contributed by atoms with Crippen LogP contribution < -0.4 is 5.32 Å². The lowest BCUT2D eigenvalue weighted by Gasteiger charge is -2.04. The molecule has 0 aromatic heterocycles. The number of alkyl carbamates (subject to hydrolysis) is 1. The van der Waals surface area contributed by atoms with Gasteiger partial charge in [0.25, 0.3) is 0 Å². The molecule has 5 heteroatoms. The molecular weight excluding hydrogens is 222 g/mol. The van der Waals surface area contributed by atoms with Gasteiger partial charge in [0.15, 0.2) is 0 Å². The number of rotatable bonds is 3. The second-order valence-corrected chi connectivity index (χ2v) is 3.02. The Kier molecular flexibility index (Phi) is 5.11. The fraction of sp³-hybridized carbons (Fsp3) is 0.167. The molecule has 0 unspecified atom stereocenters. The number of carboxylic acid groups (broad SMARTS) is 1. The van der Waals surface area contributed by atoms with Crippen LogP contribution >= 0.6 is 0 Å². The molecule has 1 rings (SSSR count). The predicted octanol–water partition coefficient (Wildman–Crippen LogP) is 1.00. The van der Waals surface area contributed by atoms with E-state index in [4.69, 9.17) is 9.84 Å². The van der Waals surface area contributed by atoms with Crippen molar-refractivity contribution in [2.75, 3.05) is 6.54 Å². The second kappa shape index (κ2) is 6.90. The molecule has 0 bridgehead atoms. The van der Waals surface area contributed by atoms with Gasteiger partial charge >= 0.3 is 12.1 Å². The van der Waals surface area contributed by atoms with Gasteiger partial charge in [-0.05, 0) is 5.56 Å². The molecule has 88 valence electrons. The average Bonchev–Trinajstić information content (AvgIpc) is 2.33. The highest BCUT2D eigenvalue weighted by molar-refractivity contribution is 5.86. The Morgan fingerprint density at radius 2 is 2.00 bits per heavy atom. The maximum atomic E-state index is 11.1. The molecule has 0 saturated heterocycles. The van der Waals surface area contributed by atoms with E-state index in [1.54, 1.807) is 0 Å². The largest absolute Gasteiger partial charge is 0.472 e. The maximum Gasteiger partial charge on any atom is 0.408 e. The third-order valence-electron chi connectivity index (χ3n) is 1.73. The van der Waals surface area contributed by atoms with Crippen LogP contribution in [0.2, 0.25) is 0 Å². The summed E-state index contributed by atoms with van der Waals surface area (Å²) in [4.78, 5) is 21.1. The van der Waals surface area contributed by atoms with E-state index in [1.807, 2.05) is 36.3 Å². The predicted molar refractivity (Wildman–Crippen MR) is 60.0 cm³/mol. The van der Waals surface area contributed by atoms with E-state index in [9.17, 15) is 9.59 Å². The quantitative estimate of drug-likeness (QED) is 0.764. The summed E-state index contributed by atoms with van der Waals surface area (Å²) in [5, 5.41) is 10.5. The molecule has 0 spiro atoms. The molecule has 0 atom stereocenters. The van der Waals surface area contributed by atoms with Crippen LogP contribution in [0.25, 0.3) is 0 Å². The van der Waals surface area contributed by atoms with E-state index in [0.29, 0.717) is 0 Å². The average molecular weight is 233 g/mol. The normalized spacial score (nSPS) is 8.71. The number of carbonyl (C=O) groups excluding carboxylic acids is 1. The van der Waals surface area contributed by atoms with Crippen LogP contribution in [-0.2, 0) is 16.1 Å². The Morgan fingerprint density at radius 3 is 2.65 bits per heavy atom. The molecule has 1 amide bonds. The van der Waals surface area contributed by atoms with Crippen molar-refractivity contribution < 1.29 is 19.4 Å². The number of aliphatic carboxylic acids is 1. The molecule has 0 aliphatic carbocycles. The first-order valence-electron chi connectivity index (χ1n) is 4.85. The maximum absolute atomic E-state index is 11.1. The van der Waals surface area contributed by atoms with E-state index in [0.717, 1.165) is 5.56 Å². The molecule has 1 aromatic rings. The number of amides is 1. The number of nitrogens with one attached hydrogen (secondary N) is 1. The van der Waals surface area contributed by atoms with Crippen LogP contribution in [0.3, 0.4) is 0 Å². The molecule has 5 nitrogen and oxygen atoms in total. The van der Waals surface area contributed by atoms with E-state index >= 15 is 0 Å². The molecular formula is C12H11NO4. The van der Waals surface area contributed by atoms with Crippen LogP contribution in [0, 0.1) is 11.8 Å². The highest BCUT2D eigenvalue weighted by Crippen LogP contribution is 2.00. The number of hydrogen-bond acceptors (Lipinski definition) is 3. The zero-order chi connectivity index (χ0) is 12.5. The van der Waals surface area contributed by atoms with Crippen molar-refractivity contribution in [2.45, 2.75) is 6.61 Å². The summed E-state index contributed by atoms with van der Waals surface area (Å²) in [5.41, 5.74) is 0.874. The summed E-state index contributed by atoms with van der Waals surface area (Å²) in [6.45, 7) is 0.110. The fourth-order valence-electron chi connectivity index (χ4n) is 1.01. The third-order valence-corrected chi connectivity index (χ3v) is 1.73. The Labute approximate surface area is 98.4 Å².